The SMILES string of the molecule is COc1ccc(NC(=O)[C@@H](OC(=O)c2ccccc2)[C@H](OC(=O)c2ccccc2)C(=O)O)cc1. The summed E-state index contributed by atoms with van der Waals surface area (Å²) < 4.78 is 15.4. The maximum atomic E-state index is 13.0. The Balaban J connectivity index is 1.88. The fraction of sp³-hybridized carbons (Fsp3) is 0.120. The van der Waals surface area contributed by atoms with Gasteiger partial charge in [-0.15, -0.1) is 0 Å². The monoisotopic (exact) mass is 463 g/mol. The lowest BCUT2D eigenvalue weighted by molar-refractivity contribution is -0.157. The number of benzene rings is 3. The van der Waals surface area contributed by atoms with E-state index >= 15 is 0 Å². The largest absolute Gasteiger partial charge is 0.497 e. The van der Waals surface area contributed by atoms with Crippen LogP contribution in [0.5, 0.6) is 5.75 Å². The Morgan fingerprint density at radius 1 is 0.706 bits per heavy atom. The second kappa shape index (κ2) is 11.3. The summed E-state index contributed by atoms with van der Waals surface area (Å²) in [4.78, 5) is 50.2. The molecule has 34 heavy (non-hydrogen) atoms. The number of ether oxygens (including phenoxy) is 3. The topological polar surface area (TPSA) is 128 Å². The van der Waals surface area contributed by atoms with Crippen molar-refractivity contribution >= 4 is 29.5 Å². The van der Waals surface area contributed by atoms with Crippen molar-refractivity contribution in [2.24, 2.45) is 0 Å². The van der Waals surface area contributed by atoms with Gasteiger partial charge in [-0.2, -0.15) is 0 Å². The molecule has 1 amide bonds. The van der Waals surface area contributed by atoms with Gasteiger partial charge in [0.25, 0.3) is 5.91 Å². The minimum Gasteiger partial charge on any atom is -0.497 e. The Morgan fingerprint density at radius 2 is 1.18 bits per heavy atom. The number of methoxy groups -OCH3 is 1. The second-order valence-electron chi connectivity index (χ2n) is 6.94. The van der Waals surface area contributed by atoms with Crippen molar-refractivity contribution in [3.63, 3.8) is 0 Å². The molecule has 0 fully saturated rings. The molecule has 9 heteroatoms. The Bertz CT molecular complexity index is 1150. The summed E-state index contributed by atoms with van der Waals surface area (Å²) >= 11 is 0. The van der Waals surface area contributed by atoms with Gasteiger partial charge in [0.1, 0.15) is 5.75 Å². The van der Waals surface area contributed by atoms with Crippen molar-refractivity contribution in [1.82, 2.24) is 0 Å². The van der Waals surface area contributed by atoms with Crippen molar-refractivity contribution < 1.29 is 38.5 Å². The molecule has 0 aliphatic carbocycles. The van der Waals surface area contributed by atoms with Crippen LogP contribution in [-0.2, 0) is 19.1 Å². The number of carbonyl (C=O) groups is 4. The maximum absolute atomic E-state index is 13.0. The molecule has 0 heterocycles. The minimum absolute atomic E-state index is 0.0671. The van der Waals surface area contributed by atoms with E-state index in [1.54, 1.807) is 48.5 Å². The third-order valence-electron chi connectivity index (χ3n) is 4.62. The van der Waals surface area contributed by atoms with Gasteiger partial charge in [0.15, 0.2) is 0 Å². The highest BCUT2D eigenvalue weighted by Gasteiger charge is 2.41. The molecule has 0 spiro atoms. The normalized spacial score (nSPS) is 12.0. The van der Waals surface area contributed by atoms with Crippen LogP contribution >= 0.6 is 0 Å². The number of esters is 2. The Morgan fingerprint density at radius 3 is 1.62 bits per heavy atom. The first-order valence-electron chi connectivity index (χ1n) is 10.1. The molecule has 0 aliphatic heterocycles. The number of rotatable bonds is 9. The molecular formula is C25H21NO8. The van der Waals surface area contributed by atoms with Gasteiger partial charge >= 0.3 is 17.9 Å². The Hall–Kier alpha value is -4.66. The maximum Gasteiger partial charge on any atom is 0.349 e. The zero-order valence-corrected chi connectivity index (χ0v) is 18.0. The fourth-order valence-corrected chi connectivity index (χ4v) is 2.90. The van der Waals surface area contributed by atoms with Crippen LogP contribution in [0.4, 0.5) is 5.69 Å². The van der Waals surface area contributed by atoms with E-state index in [2.05, 4.69) is 5.32 Å². The quantitative estimate of drug-likeness (QED) is 0.463. The first-order valence-corrected chi connectivity index (χ1v) is 10.1. The zero-order valence-electron chi connectivity index (χ0n) is 18.0. The summed E-state index contributed by atoms with van der Waals surface area (Å²) in [5.74, 6) is -4.09. The van der Waals surface area contributed by atoms with E-state index in [-0.39, 0.29) is 16.8 Å². The molecule has 0 aliphatic rings. The van der Waals surface area contributed by atoms with E-state index in [9.17, 15) is 24.3 Å². The molecule has 0 unspecified atom stereocenters. The van der Waals surface area contributed by atoms with Crippen LogP contribution in [0, 0.1) is 0 Å². The van der Waals surface area contributed by atoms with Crippen LogP contribution in [0.3, 0.4) is 0 Å². The molecule has 2 N–H and O–H groups in total. The highest BCUT2D eigenvalue weighted by molar-refractivity contribution is 6.01. The standard InChI is InChI=1S/C25H21NO8/c1-32-19-14-12-18(13-15-19)26-22(27)20(33-24(30)16-8-4-2-5-9-16)21(23(28)29)34-25(31)17-10-6-3-7-11-17/h2-15,20-21H,1H3,(H,26,27)(H,28,29)/t20-,21-/m0/s1. The van der Waals surface area contributed by atoms with Crippen molar-refractivity contribution in [3.05, 3.63) is 96.1 Å². The van der Waals surface area contributed by atoms with Gasteiger partial charge in [-0.05, 0) is 48.5 Å². The lowest BCUT2D eigenvalue weighted by Gasteiger charge is -2.23. The number of carbonyl (C=O) groups excluding carboxylic acids is 3. The molecule has 3 aromatic carbocycles. The number of aliphatic carboxylic acids is 1. The van der Waals surface area contributed by atoms with Gasteiger partial charge in [0, 0.05) is 5.69 Å². The van der Waals surface area contributed by atoms with Crippen molar-refractivity contribution in [2.75, 3.05) is 12.4 Å². The lowest BCUT2D eigenvalue weighted by Crippen LogP contribution is -2.48. The molecule has 9 nitrogen and oxygen atoms in total. The van der Waals surface area contributed by atoms with Crippen LogP contribution in [0.1, 0.15) is 20.7 Å². The van der Waals surface area contributed by atoms with Gasteiger partial charge in [0.05, 0.1) is 18.2 Å². The predicted octanol–water partition coefficient (Wildman–Crippen LogP) is 3.17. The van der Waals surface area contributed by atoms with E-state index in [1.165, 1.54) is 43.5 Å². The van der Waals surface area contributed by atoms with Gasteiger partial charge in [-0.25, -0.2) is 14.4 Å². The summed E-state index contributed by atoms with van der Waals surface area (Å²) in [7, 11) is 1.48. The van der Waals surface area contributed by atoms with Crippen LogP contribution in [0.25, 0.3) is 0 Å². The third kappa shape index (κ3) is 6.19. The zero-order chi connectivity index (χ0) is 24.5. The Kier molecular flexibility index (Phi) is 7.96. The van der Waals surface area contributed by atoms with E-state index in [1.807, 2.05) is 0 Å². The average Bonchev–Trinajstić information content (AvgIpc) is 2.87. The predicted molar refractivity (Wildman–Crippen MR) is 121 cm³/mol. The van der Waals surface area contributed by atoms with Crippen molar-refractivity contribution in [3.8, 4) is 5.75 Å². The van der Waals surface area contributed by atoms with E-state index in [0.29, 0.717) is 5.75 Å². The summed E-state index contributed by atoms with van der Waals surface area (Å²) in [5, 5.41) is 12.2. The van der Waals surface area contributed by atoms with Gasteiger partial charge < -0.3 is 24.6 Å². The smallest absolute Gasteiger partial charge is 0.349 e. The molecular weight excluding hydrogens is 442 g/mol. The summed E-state index contributed by atoms with van der Waals surface area (Å²) in [6.45, 7) is 0. The number of anilines is 1. The molecule has 2 atom stereocenters. The first-order chi connectivity index (χ1) is 16.4. The number of nitrogens with one attached hydrogen (secondary N) is 1. The summed E-state index contributed by atoms with van der Waals surface area (Å²) in [6.07, 6.45) is -4.10. The lowest BCUT2D eigenvalue weighted by atomic mass is 10.1. The van der Waals surface area contributed by atoms with Crippen LogP contribution < -0.4 is 10.1 Å². The molecule has 174 valence electrons. The molecule has 0 aromatic heterocycles. The van der Waals surface area contributed by atoms with Gasteiger partial charge in [-0.3, -0.25) is 4.79 Å². The molecule has 0 radical (unpaired) electrons. The fourth-order valence-electron chi connectivity index (χ4n) is 2.90. The second-order valence-corrected chi connectivity index (χ2v) is 6.94. The van der Waals surface area contributed by atoms with Gasteiger partial charge in [0.2, 0.25) is 12.2 Å². The number of hydrogen-bond acceptors (Lipinski definition) is 7. The van der Waals surface area contributed by atoms with E-state index in [0.717, 1.165) is 0 Å². The molecule has 3 rings (SSSR count). The number of amides is 1. The van der Waals surface area contributed by atoms with Crippen LogP contribution in [0.15, 0.2) is 84.9 Å². The van der Waals surface area contributed by atoms with E-state index in [4.69, 9.17) is 14.2 Å². The van der Waals surface area contributed by atoms with Crippen LogP contribution in [-0.4, -0.2) is 48.2 Å². The van der Waals surface area contributed by atoms with Crippen LogP contribution in [0.2, 0.25) is 0 Å². The molecule has 3 aromatic rings. The number of hydrogen-bond donors (Lipinski definition) is 2. The van der Waals surface area contributed by atoms with E-state index < -0.39 is 36.0 Å². The summed E-state index contributed by atoms with van der Waals surface area (Å²) in [5.41, 5.74) is 0.436. The highest BCUT2D eigenvalue weighted by atomic mass is 16.6. The number of carboxylic acids is 1. The highest BCUT2D eigenvalue weighted by Crippen LogP contribution is 2.18. The molecule has 0 saturated carbocycles. The minimum atomic E-state index is -2.11. The molecule has 0 bridgehead atoms. The Labute approximate surface area is 194 Å². The number of carboxylic acid groups (broad SMARTS) is 1. The van der Waals surface area contributed by atoms with Crippen molar-refractivity contribution in [2.45, 2.75) is 12.2 Å². The van der Waals surface area contributed by atoms with Gasteiger partial charge in [-0.1, -0.05) is 36.4 Å². The first kappa shape index (κ1) is 24.0. The third-order valence-corrected chi connectivity index (χ3v) is 4.62. The van der Waals surface area contributed by atoms with Crippen molar-refractivity contribution in [1.29, 1.82) is 0 Å². The average molecular weight is 463 g/mol. The summed E-state index contributed by atoms with van der Waals surface area (Å²) in [6, 6.07) is 21.5. The molecule has 0 saturated heterocycles.